The molecule has 0 atom stereocenters. The number of aromatic nitrogens is 3. The Labute approximate surface area is 181 Å². The number of nitrogens with one attached hydrogen (secondary N) is 1. The van der Waals surface area contributed by atoms with Crippen molar-refractivity contribution in [1.82, 2.24) is 19.3 Å². The van der Waals surface area contributed by atoms with Gasteiger partial charge < -0.3 is 4.57 Å². The van der Waals surface area contributed by atoms with Crippen molar-refractivity contribution in [2.45, 2.75) is 62.9 Å². The molecule has 2 aromatic heterocycles. The lowest BCUT2D eigenvalue weighted by atomic mass is 9.95. The molecule has 4 rings (SSSR count). The van der Waals surface area contributed by atoms with Gasteiger partial charge in [0.25, 0.3) is 0 Å². The van der Waals surface area contributed by atoms with Gasteiger partial charge >= 0.3 is 0 Å². The monoisotopic (exact) mass is 441 g/mol. The van der Waals surface area contributed by atoms with Crippen LogP contribution in [0.5, 0.6) is 0 Å². The van der Waals surface area contributed by atoms with Crippen LogP contribution < -0.4 is 4.72 Å². The number of fused-ring (bicyclic) bond motifs is 1. The van der Waals surface area contributed by atoms with Crippen LogP contribution in [-0.2, 0) is 10.0 Å². The molecular weight excluding hydrogens is 417 g/mol. The van der Waals surface area contributed by atoms with Crippen LogP contribution in [0, 0.1) is 17.1 Å². The van der Waals surface area contributed by atoms with E-state index in [-0.39, 0.29) is 28.6 Å². The zero-order valence-corrected chi connectivity index (χ0v) is 18.3. The molecule has 0 unspecified atom stereocenters. The Morgan fingerprint density at radius 1 is 1.19 bits per heavy atom. The van der Waals surface area contributed by atoms with Gasteiger partial charge in [0.1, 0.15) is 22.5 Å². The zero-order valence-electron chi connectivity index (χ0n) is 17.5. The molecule has 1 saturated carbocycles. The largest absolute Gasteiger partial charge is 0.334 e. The summed E-state index contributed by atoms with van der Waals surface area (Å²) < 4.78 is 43.4. The number of rotatable bonds is 5. The number of nitriles is 1. The second kappa shape index (κ2) is 8.36. The summed E-state index contributed by atoms with van der Waals surface area (Å²) in [6.07, 6.45) is 7.59. The van der Waals surface area contributed by atoms with Crippen molar-refractivity contribution in [3.8, 4) is 17.6 Å². The van der Waals surface area contributed by atoms with Crippen LogP contribution in [0.15, 0.2) is 35.5 Å². The van der Waals surface area contributed by atoms with Crippen molar-refractivity contribution in [3.05, 3.63) is 42.0 Å². The maximum atomic E-state index is 14.1. The summed E-state index contributed by atoms with van der Waals surface area (Å²) in [5, 5.41) is 10.6. The lowest BCUT2D eigenvalue weighted by Gasteiger charge is -2.26. The van der Waals surface area contributed by atoms with Gasteiger partial charge in [0, 0.05) is 17.5 Å². The first-order valence-electron chi connectivity index (χ1n) is 10.4. The number of hydrogen-bond donors (Lipinski definition) is 1. The Bertz CT molecular complexity index is 1250. The molecule has 0 saturated heterocycles. The summed E-state index contributed by atoms with van der Waals surface area (Å²) in [5.41, 5.74) is 1.52. The molecule has 0 bridgehead atoms. The fourth-order valence-electron chi connectivity index (χ4n) is 4.29. The van der Waals surface area contributed by atoms with Gasteiger partial charge in [0.05, 0.1) is 23.5 Å². The molecule has 1 fully saturated rings. The van der Waals surface area contributed by atoms with Crippen molar-refractivity contribution in [1.29, 1.82) is 5.26 Å². The van der Waals surface area contributed by atoms with E-state index in [2.05, 4.69) is 20.8 Å². The minimum atomic E-state index is -3.73. The van der Waals surface area contributed by atoms with Gasteiger partial charge in [-0.25, -0.2) is 27.5 Å². The van der Waals surface area contributed by atoms with Gasteiger partial charge in [-0.3, -0.25) is 0 Å². The van der Waals surface area contributed by atoms with E-state index < -0.39 is 10.0 Å². The predicted octanol–water partition coefficient (Wildman–Crippen LogP) is 4.30. The average Bonchev–Trinajstić information content (AvgIpc) is 3.07. The highest BCUT2D eigenvalue weighted by atomic mass is 32.2. The first kappa shape index (κ1) is 21.4. The van der Waals surface area contributed by atoms with E-state index in [1.165, 1.54) is 24.5 Å². The van der Waals surface area contributed by atoms with Crippen molar-refractivity contribution in [3.63, 3.8) is 0 Å². The maximum Gasteiger partial charge on any atom is 0.243 e. The lowest BCUT2D eigenvalue weighted by molar-refractivity contribution is 0.362. The molecule has 9 heteroatoms. The minimum Gasteiger partial charge on any atom is -0.334 e. The summed E-state index contributed by atoms with van der Waals surface area (Å²) in [7, 11) is -3.73. The van der Waals surface area contributed by atoms with Gasteiger partial charge in [0.2, 0.25) is 10.0 Å². The van der Waals surface area contributed by atoms with Gasteiger partial charge in [-0.05, 0) is 44.9 Å². The Morgan fingerprint density at radius 2 is 1.87 bits per heavy atom. The molecule has 162 valence electrons. The van der Waals surface area contributed by atoms with E-state index in [0.29, 0.717) is 22.2 Å². The molecule has 0 spiro atoms. The number of benzene rings is 1. The van der Waals surface area contributed by atoms with Crippen molar-refractivity contribution < 1.29 is 12.8 Å². The summed E-state index contributed by atoms with van der Waals surface area (Å²) in [4.78, 5) is 8.57. The fraction of sp³-hybridized carbons (Fsp3) is 0.409. The summed E-state index contributed by atoms with van der Waals surface area (Å²) in [5.74, 6) is -0.123. The average molecular weight is 442 g/mol. The van der Waals surface area contributed by atoms with Crippen LogP contribution in [0.4, 0.5) is 4.39 Å². The molecular formula is C22H24FN5O2S. The van der Waals surface area contributed by atoms with E-state index in [9.17, 15) is 18.1 Å². The highest BCUT2D eigenvalue weighted by Gasteiger charge is 2.27. The third-order valence-electron chi connectivity index (χ3n) is 5.56. The number of sulfonamides is 1. The molecule has 1 aliphatic carbocycles. The second-order valence-corrected chi connectivity index (χ2v) is 9.89. The van der Waals surface area contributed by atoms with Crippen LogP contribution in [0.2, 0.25) is 0 Å². The van der Waals surface area contributed by atoms with Crippen LogP contribution in [0.25, 0.3) is 22.4 Å². The summed E-state index contributed by atoms with van der Waals surface area (Å²) >= 11 is 0. The van der Waals surface area contributed by atoms with Crippen LogP contribution in [0.1, 0.15) is 57.6 Å². The van der Waals surface area contributed by atoms with Gasteiger partial charge in [0.15, 0.2) is 5.82 Å². The highest BCUT2D eigenvalue weighted by Crippen LogP contribution is 2.39. The fourth-order valence-corrected chi connectivity index (χ4v) is 5.43. The van der Waals surface area contributed by atoms with Crippen LogP contribution >= 0.6 is 0 Å². The predicted molar refractivity (Wildman–Crippen MR) is 115 cm³/mol. The number of nitrogens with zero attached hydrogens (tertiary/aromatic N) is 4. The third kappa shape index (κ3) is 4.05. The Morgan fingerprint density at radius 3 is 2.48 bits per heavy atom. The van der Waals surface area contributed by atoms with E-state index in [1.54, 1.807) is 19.9 Å². The first-order chi connectivity index (χ1) is 14.8. The smallest absolute Gasteiger partial charge is 0.243 e. The SMILES string of the molecule is CC(C)NS(=O)(=O)c1cnc(-c2c(C#N)c3ccc(F)cc3n2C2CCCCC2)nc1. The molecule has 1 aliphatic rings. The highest BCUT2D eigenvalue weighted by molar-refractivity contribution is 7.89. The number of hydrogen-bond acceptors (Lipinski definition) is 5. The normalized spacial score (nSPS) is 15.5. The zero-order chi connectivity index (χ0) is 22.2. The Hall–Kier alpha value is -2.83. The van der Waals surface area contributed by atoms with Gasteiger partial charge in [-0.1, -0.05) is 19.3 Å². The Kier molecular flexibility index (Phi) is 5.77. The molecule has 31 heavy (non-hydrogen) atoms. The van der Waals surface area contributed by atoms with E-state index >= 15 is 0 Å². The van der Waals surface area contributed by atoms with Crippen molar-refractivity contribution in [2.75, 3.05) is 0 Å². The first-order valence-corrected chi connectivity index (χ1v) is 11.9. The third-order valence-corrected chi connectivity index (χ3v) is 7.17. The number of halogens is 1. The molecule has 1 N–H and O–H groups in total. The molecule has 0 radical (unpaired) electrons. The van der Waals surface area contributed by atoms with Gasteiger partial charge in [-0.2, -0.15) is 5.26 Å². The van der Waals surface area contributed by atoms with E-state index in [0.717, 1.165) is 32.1 Å². The molecule has 0 aliphatic heterocycles. The maximum absolute atomic E-state index is 14.1. The lowest BCUT2D eigenvalue weighted by Crippen LogP contribution is -2.30. The minimum absolute atomic E-state index is 0.0465. The van der Waals surface area contributed by atoms with Crippen molar-refractivity contribution >= 4 is 20.9 Å². The van der Waals surface area contributed by atoms with E-state index in [1.807, 2.05) is 4.57 Å². The van der Waals surface area contributed by atoms with Crippen LogP contribution in [0.3, 0.4) is 0 Å². The molecule has 3 aromatic rings. The molecule has 7 nitrogen and oxygen atoms in total. The molecule has 1 aromatic carbocycles. The van der Waals surface area contributed by atoms with Crippen LogP contribution in [-0.4, -0.2) is 29.0 Å². The Balaban J connectivity index is 1.90. The molecule has 2 heterocycles. The summed E-state index contributed by atoms with van der Waals surface area (Å²) in [6.45, 7) is 3.46. The summed E-state index contributed by atoms with van der Waals surface area (Å²) in [6, 6.07) is 6.46. The topological polar surface area (TPSA) is 101 Å². The van der Waals surface area contributed by atoms with Crippen molar-refractivity contribution in [2.24, 2.45) is 0 Å². The second-order valence-electron chi connectivity index (χ2n) is 8.18. The standard InChI is InChI=1S/C22H24FN5O2S/c1-14(2)27-31(29,30)17-12-25-22(26-13-17)21-19(11-24)18-9-8-15(23)10-20(18)28(21)16-6-4-3-5-7-16/h8-10,12-14,16,27H,3-7H2,1-2H3. The quantitative estimate of drug-likeness (QED) is 0.636. The molecule has 0 amide bonds. The van der Waals surface area contributed by atoms with E-state index in [4.69, 9.17) is 0 Å². The van der Waals surface area contributed by atoms with Gasteiger partial charge in [-0.15, -0.1) is 0 Å².